The first kappa shape index (κ1) is 16.2. The highest BCUT2D eigenvalue weighted by atomic mass is 35.5. The number of amides is 2. The molecule has 1 N–H and O–H groups in total. The largest absolute Gasteiger partial charge is 0.338 e. The van der Waals surface area contributed by atoms with E-state index in [0.29, 0.717) is 12.5 Å². The first-order valence-corrected chi connectivity index (χ1v) is 8.03. The Morgan fingerprint density at radius 2 is 2.24 bits per heavy atom. The van der Waals surface area contributed by atoms with Gasteiger partial charge in [-0.3, -0.25) is 0 Å². The third-order valence-electron chi connectivity index (χ3n) is 4.63. The molecule has 4 heteroatoms. The molecule has 0 radical (unpaired) electrons. The van der Waals surface area contributed by atoms with Gasteiger partial charge >= 0.3 is 6.03 Å². The number of rotatable bonds is 3. The summed E-state index contributed by atoms with van der Waals surface area (Å²) in [7, 11) is 0. The Labute approximate surface area is 132 Å². The lowest BCUT2D eigenvalue weighted by Gasteiger charge is -2.42. The molecule has 1 fully saturated rings. The fourth-order valence-corrected chi connectivity index (χ4v) is 2.97. The smallest absolute Gasteiger partial charge is 0.317 e. The number of nitrogens with zero attached hydrogens (tertiary/aromatic N) is 1. The Balaban J connectivity index is 1.80. The zero-order valence-electron chi connectivity index (χ0n) is 13.2. The molecule has 0 bridgehead atoms. The minimum absolute atomic E-state index is 0.0528. The summed E-state index contributed by atoms with van der Waals surface area (Å²) < 4.78 is 0. The van der Waals surface area contributed by atoms with Crippen LogP contribution in [-0.2, 0) is 6.42 Å². The second-order valence-corrected chi connectivity index (χ2v) is 7.15. The van der Waals surface area contributed by atoms with E-state index in [-0.39, 0.29) is 11.4 Å². The van der Waals surface area contributed by atoms with Crippen molar-refractivity contribution >= 4 is 17.6 Å². The number of halogens is 1. The number of carbonyl (C=O) groups excluding carboxylic acids is 1. The predicted molar refractivity (Wildman–Crippen MR) is 87.7 cm³/mol. The molecule has 2 rings (SSSR count). The van der Waals surface area contributed by atoms with Gasteiger partial charge in [0.05, 0.1) is 0 Å². The molecule has 1 saturated heterocycles. The predicted octanol–water partition coefficient (Wildman–Crippen LogP) is 3.96. The summed E-state index contributed by atoms with van der Waals surface area (Å²) in [5, 5.41) is 3.76. The van der Waals surface area contributed by atoms with Crippen LogP contribution < -0.4 is 5.32 Å². The van der Waals surface area contributed by atoms with E-state index in [1.54, 1.807) is 0 Å². The Kier molecular flexibility index (Phi) is 5.15. The lowest BCUT2D eigenvalue weighted by Crippen LogP contribution is -2.51. The van der Waals surface area contributed by atoms with Crippen LogP contribution >= 0.6 is 11.6 Å². The summed E-state index contributed by atoms with van der Waals surface area (Å²) in [5.74, 6) is 0.660. The Morgan fingerprint density at radius 1 is 1.48 bits per heavy atom. The van der Waals surface area contributed by atoms with Crippen LogP contribution in [0.15, 0.2) is 24.3 Å². The Bertz CT molecular complexity index is 501. The topological polar surface area (TPSA) is 32.3 Å². The van der Waals surface area contributed by atoms with E-state index < -0.39 is 0 Å². The highest BCUT2D eigenvalue weighted by Gasteiger charge is 2.34. The van der Waals surface area contributed by atoms with Gasteiger partial charge in [0.2, 0.25) is 0 Å². The van der Waals surface area contributed by atoms with Gasteiger partial charge in [-0.25, -0.2) is 4.79 Å². The number of carbonyl (C=O) groups is 1. The molecule has 1 heterocycles. The first-order valence-electron chi connectivity index (χ1n) is 7.66. The lowest BCUT2D eigenvalue weighted by molar-refractivity contribution is 0.0832. The SMILES string of the molecule is CC1CCN(C(=O)NCCc2cccc(Cl)c2)CC1(C)C. The second kappa shape index (κ2) is 6.69. The normalized spacial score (nSPS) is 21.1. The van der Waals surface area contributed by atoms with Crippen molar-refractivity contribution in [2.75, 3.05) is 19.6 Å². The number of hydrogen-bond donors (Lipinski definition) is 1. The van der Waals surface area contributed by atoms with Gasteiger partial charge in [-0.15, -0.1) is 0 Å². The molecule has 1 aromatic carbocycles. The first-order chi connectivity index (χ1) is 9.88. The maximum atomic E-state index is 12.2. The lowest BCUT2D eigenvalue weighted by atomic mass is 9.75. The maximum Gasteiger partial charge on any atom is 0.317 e. The number of piperidine rings is 1. The molecular weight excluding hydrogens is 284 g/mol. The number of likely N-dealkylation sites (tertiary alicyclic amines) is 1. The van der Waals surface area contributed by atoms with Crippen LogP contribution in [0.2, 0.25) is 5.02 Å². The molecule has 0 spiro atoms. The van der Waals surface area contributed by atoms with E-state index in [4.69, 9.17) is 11.6 Å². The Hall–Kier alpha value is -1.22. The third-order valence-corrected chi connectivity index (χ3v) is 4.87. The summed E-state index contributed by atoms with van der Waals surface area (Å²) in [6.07, 6.45) is 1.88. The van der Waals surface area contributed by atoms with Crippen LogP contribution in [0.1, 0.15) is 32.8 Å². The fourth-order valence-electron chi connectivity index (χ4n) is 2.76. The van der Waals surface area contributed by atoms with Crippen LogP contribution in [-0.4, -0.2) is 30.6 Å². The number of benzene rings is 1. The van der Waals surface area contributed by atoms with Crippen LogP contribution in [0.4, 0.5) is 4.79 Å². The molecule has 116 valence electrons. The van der Waals surface area contributed by atoms with Gasteiger partial charge in [-0.05, 0) is 41.9 Å². The van der Waals surface area contributed by atoms with Crippen molar-refractivity contribution in [3.63, 3.8) is 0 Å². The van der Waals surface area contributed by atoms with Crippen molar-refractivity contribution in [3.05, 3.63) is 34.9 Å². The summed E-state index contributed by atoms with van der Waals surface area (Å²) in [5.41, 5.74) is 1.35. The second-order valence-electron chi connectivity index (χ2n) is 6.71. The number of urea groups is 1. The van der Waals surface area contributed by atoms with Crippen molar-refractivity contribution in [2.45, 2.75) is 33.6 Å². The Morgan fingerprint density at radius 3 is 2.90 bits per heavy atom. The third kappa shape index (κ3) is 4.37. The molecule has 1 unspecified atom stereocenters. The van der Waals surface area contributed by atoms with Crippen molar-refractivity contribution in [1.82, 2.24) is 10.2 Å². The van der Waals surface area contributed by atoms with Crippen LogP contribution in [0.3, 0.4) is 0 Å². The molecule has 21 heavy (non-hydrogen) atoms. The van der Waals surface area contributed by atoms with Crippen LogP contribution in [0.25, 0.3) is 0 Å². The molecular formula is C17H25ClN2O. The van der Waals surface area contributed by atoms with Gasteiger partial charge in [-0.1, -0.05) is 44.5 Å². The summed E-state index contributed by atoms with van der Waals surface area (Å²) >= 11 is 5.96. The van der Waals surface area contributed by atoms with E-state index >= 15 is 0 Å². The highest BCUT2D eigenvalue weighted by Crippen LogP contribution is 2.34. The molecule has 1 aliphatic rings. The number of nitrogens with one attached hydrogen (secondary N) is 1. The minimum atomic E-state index is 0.0528. The van der Waals surface area contributed by atoms with Gasteiger partial charge in [0.25, 0.3) is 0 Å². The fraction of sp³-hybridized carbons (Fsp3) is 0.588. The summed E-state index contributed by atoms with van der Waals surface area (Å²) in [6, 6.07) is 7.83. The van der Waals surface area contributed by atoms with E-state index in [2.05, 4.69) is 26.1 Å². The van der Waals surface area contributed by atoms with Crippen molar-refractivity contribution in [3.8, 4) is 0 Å². The van der Waals surface area contributed by atoms with Crippen molar-refractivity contribution in [2.24, 2.45) is 11.3 Å². The van der Waals surface area contributed by atoms with Crippen LogP contribution in [0.5, 0.6) is 0 Å². The summed E-state index contributed by atoms with van der Waals surface area (Å²) in [6.45, 7) is 9.08. The molecule has 0 aromatic heterocycles. The molecule has 1 aliphatic heterocycles. The van der Waals surface area contributed by atoms with Gasteiger partial charge in [0.15, 0.2) is 0 Å². The van der Waals surface area contributed by atoms with Crippen molar-refractivity contribution in [1.29, 1.82) is 0 Å². The molecule has 3 nitrogen and oxygen atoms in total. The highest BCUT2D eigenvalue weighted by molar-refractivity contribution is 6.30. The van der Waals surface area contributed by atoms with E-state index in [0.717, 1.165) is 36.5 Å². The molecule has 1 atom stereocenters. The monoisotopic (exact) mass is 308 g/mol. The van der Waals surface area contributed by atoms with E-state index in [1.165, 1.54) is 0 Å². The van der Waals surface area contributed by atoms with Gasteiger partial charge < -0.3 is 10.2 Å². The van der Waals surface area contributed by atoms with Gasteiger partial charge in [-0.2, -0.15) is 0 Å². The van der Waals surface area contributed by atoms with Gasteiger partial charge in [0, 0.05) is 24.7 Å². The van der Waals surface area contributed by atoms with Gasteiger partial charge in [0.1, 0.15) is 0 Å². The number of hydrogen-bond acceptors (Lipinski definition) is 1. The molecule has 0 aliphatic carbocycles. The average molecular weight is 309 g/mol. The average Bonchev–Trinajstić information content (AvgIpc) is 2.42. The quantitative estimate of drug-likeness (QED) is 0.900. The van der Waals surface area contributed by atoms with Crippen molar-refractivity contribution < 1.29 is 4.79 Å². The maximum absolute atomic E-state index is 12.2. The molecule has 1 aromatic rings. The van der Waals surface area contributed by atoms with E-state index in [9.17, 15) is 4.79 Å². The summed E-state index contributed by atoms with van der Waals surface area (Å²) in [4.78, 5) is 14.2. The zero-order valence-corrected chi connectivity index (χ0v) is 13.9. The van der Waals surface area contributed by atoms with E-state index in [1.807, 2.05) is 29.2 Å². The molecule has 0 saturated carbocycles. The zero-order chi connectivity index (χ0) is 15.5. The standard InChI is InChI=1S/C17H25ClN2O/c1-13-8-10-20(12-17(13,2)3)16(21)19-9-7-14-5-4-6-15(18)11-14/h4-6,11,13H,7-10,12H2,1-3H3,(H,19,21). The minimum Gasteiger partial charge on any atom is -0.338 e. The molecule has 2 amide bonds. The van der Waals surface area contributed by atoms with Crippen LogP contribution in [0, 0.1) is 11.3 Å².